The molecule has 1 rings (SSSR count). The van der Waals surface area contributed by atoms with Crippen LogP contribution in [0.15, 0.2) is 0 Å². The molecule has 2 atom stereocenters. The van der Waals surface area contributed by atoms with Gasteiger partial charge in [0, 0.05) is 17.9 Å². The maximum atomic E-state index is 3.58. The van der Waals surface area contributed by atoms with Gasteiger partial charge in [0.05, 0.1) is 0 Å². The Morgan fingerprint density at radius 2 is 2.33 bits per heavy atom. The van der Waals surface area contributed by atoms with Crippen molar-refractivity contribution in [3.05, 3.63) is 0 Å². The molecular formula is C10H20BrN. The van der Waals surface area contributed by atoms with Crippen LogP contribution in [0.3, 0.4) is 0 Å². The zero-order valence-electron chi connectivity index (χ0n) is 8.22. The van der Waals surface area contributed by atoms with Gasteiger partial charge in [-0.05, 0) is 32.2 Å². The van der Waals surface area contributed by atoms with E-state index in [1.165, 1.54) is 32.4 Å². The minimum atomic E-state index is 0.832. The number of nitrogens with zero attached hydrogens (tertiary/aromatic N) is 1. The number of hydrogen-bond donors (Lipinski definition) is 0. The monoisotopic (exact) mass is 233 g/mol. The number of rotatable bonds is 4. The first-order chi connectivity index (χ1) is 5.77. The van der Waals surface area contributed by atoms with Crippen molar-refractivity contribution < 1.29 is 0 Å². The SMILES string of the molecule is CCC(CBr)CN1CCCC1C. The average molecular weight is 234 g/mol. The molecule has 0 N–H and O–H groups in total. The molecule has 0 bridgehead atoms. The highest BCUT2D eigenvalue weighted by Crippen LogP contribution is 2.19. The predicted octanol–water partition coefficient (Wildman–Crippen LogP) is 2.89. The van der Waals surface area contributed by atoms with Crippen LogP contribution in [0.4, 0.5) is 0 Å². The summed E-state index contributed by atoms with van der Waals surface area (Å²) >= 11 is 3.58. The van der Waals surface area contributed by atoms with Gasteiger partial charge < -0.3 is 4.90 Å². The predicted molar refractivity (Wildman–Crippen MR) is 57.8 cm³/mol. The van der Waals surface area contributed by atoms with Crippen LogP contribution in [0.2, 0.25) is 0 Å². The highest BCUT2D eigenvalue weighted by Gasteiger charge is 2.21. The Kier molecular flexibility index (Phi) is 4.59. The van der Waals surface area contributed by atoms with Crippen molar-refractivity contribution in [1.82, 2.24) is 4.90 Å². The molecule has 1 nitrogen and oxygen atoms in total. The Morgan fingerprint density at radius 1 is 1.58 bits per heavy atom. The minimum absolute atomic E-state index is 0.832. The molecule has 2 heteroatoms. The lowest BCUT2D eigenvalue weighted by molar-refractivity contribution is 0.232. The zero-order chi connectivity index (χ0) is 8.97. The van der Waals surface area contributed by atoms with Crippen molar-refractivity contribution in [2.24, 2.45) is 5.92 Å². The van der Waals surface area contributed by atoms with Crippen molar-refractivity contribution in [3.63, 3.8) is 0 Å². The molecule has 0 spiro atoms. The topological polar surface area (TPSA) is 3.24 Å². The lowest BCUT2D eigenvalue weighted by atomic mass is 10.1. The van der Waals surface area contributed by atoms with E-state index in [1.54, 1.807) is 0 Å². The smallest absolute Gasteiger partial charge is 0.00717 e. The van der Waals surface area contributed by atoms with Gasteiger partial charge in [-0.25, -0.2) is 0 Å². The second kappa shape index (κ2) is 5.23. The Balaban J connectivity index is 2.28. The van der Waals surface area contributed by atoms with Gasteiger partial charge in [-0.2, -0.15) is 0 Å². The molecule has 1 heterocycles. The van der Waals surface area contributed by atoms with Crippen LogP contribution in [0.5, 0.6) is 0 Å². The van der Waals surface area contributed by atoms with Crippen LogP contribution in [-0.4, -0.2) is 29.4 Å². The van der Waals surface area contributed by atoms with Gasteiger partial charge in [-0.15, -0.1) is 0 Å². The van der Waals surface area contributed by atoms with E-state index in [2.05, 4.69) is 34.7 Å². The molecule has 1 saturated heterocycles. The van der Waals surface area contributed by atoms with Gasteiger partial charge in [0.25, 0.3) is 0 Å². The number of hydrogen-bond acceptors (Lipinski definition) is 1. The van der Waals surface area contributed by atoms with E-state index in [0.717, 1.165) is 17.3 Å². The second-order valence-corrected chi connectivity index (χ2v) is 4.56. The number of alkyl halides is 1. The first-order valence-corrected chi connectivity index (χ1v) is 6.20. The van der Waals surface area contributed by atoms with E-state index in [0.29, 0.717) is 0 Å². The summed E-state index contributed by atoms with van der Waals surface area (Å²) < 4.78 is 0. The summed E-state index contributed by atoms with van der Waals surface area (Å²) in [6.45, 7) is 7.26. The zero-order valence-corrected chi connectivity index (χ0v) is 9.81. The highest BCUT2D eigenvalue weighted by molar-refractivity contribution is 9.09. The Hall–Kier alpha value is 0.440. The van der Waals surface area contributed by atoms with E-state index in [4.69, 9.17) is 0 Å². The second-order valence-electron chi connectivity index (χ2n) is 3.91. The largest absolute Gasteiger partial charge is 0.300 e. The van der Waals surface area contributed by atoms with E-state index < -0.39 is 0 Å². The summed E-state index contributed by atoms with van der Waals surface area (Å²) in [6.07, 6.45) is 4.10. The fourth-order valence-electron chi connectivity index (χ4n) is 1.88. The number of likely N-dealkylation sites (tertiary alicyclic amines) is 1. The normalized spacial score (nSPS) is 27.8. The lowest BCUT2D eigenvalue weighted by Crippen LogP contribution is -2.32. The van der Waals surface area contributed by atoms with Crippen molar-refractivity contribution >= 4 is 15.9 Å². The number of halogens is 1. The summed E-state index contributed by atoms with van der Waals surface area (Å²) in [7, 11) is 0. The van der Waals surface area contributed by atoms with Crippen LogP contribution in [0.1, 0.15) is 33.1 Å². The van der Waals surface area contributed by atoms with Crippen molar-refractivity contribution in [2.45, 2.75) is 39.2 Å². The summed E-state index contributed by atoms with van der Waals surface area (Å²) in [6, 6.07) is 0.832. The Labute approximate surface area is 84.6 Å². The molecule has 1 aliphatic heterocycles. The molecular weight excluding hydrogens is 214 g/mol. The van der Waals surface area contributed by atoms with Gasteiger partial charge in [0.2, 0.25) is 0 Å². The molecule has 0 aliphatic carbocycles. The molecule has 72 valence electrons. The van der Waals surface area contributed by atoms with Gasteiger partial charge in [-0.1, -0.05) is 29.3 Å². The van der Waals surface area contributed by atoms with Crippen molar-refractivity contribution in [1.29, 1.82) is 0 Å². The molecule has 0 aromatic rings. The molecule has 12 heavy (non-hydrogen) atoms. The van der Waals surface area contributed by atoms with Crippen LogP contribution < -0.4 is 0 Å². The fraction of sp³-hybridized carbons (Fsp3) is 1.00. The third-order valence-corrected chi connectivity index (χ3v) is 3.89. The third-order valence-electron chi connectivity index (χ3n) is 2.98. The standard InChI is InChI=1S/C10H20BrN/c1-3-10(7-11)8-12-6-4-5-9(12)2/h9-10H,3-8H2,1-2H3. The van der Waals surface area contributed by atoms with Gasteiger partial charge in [0.15, 0.2) is 0 Å². The maximum absolute atomic E-state index is 3.58. The molecule has 0 amide bonds. The van der Waals surface area contributed by atoms with Crippen LogP contribution in [-0.2, 0) is 0 Å². The molecule has 0 aromatic carbocycles. The molecule has 2 unspecified atom stereocenters. The quantitative estimate of drug-likeness (QED) is 0.676. The van der Waals surface area contributed by atoms with E-state index in [9.17, 15) is 0 Å². The first-order valence-electron chi connectivity index (χ1n) is 5.08. The summed E-state index contributed by atoms with van der Waals surface area (Å²) in [5.74, 6) is 0.852. The fourth-order valence-corrected chi connectivity index (χ4v) is 2.55. The van der Waals surface area contributed by atoms with Gasteiger partial charge in [0.1, 0.15) is 0 Å². The summed E-state index contributed by atoms with van der Waals surface area (Å²) in [5, 5.41) is 1.16. The maximum Gasteiger partial charge on any atom is 0.00717 e. The van der Waals surface area contributed by atoms with Crippen LogP contribution >= 0.6 is 15.9 Å². The average Bonchev–Trinajstić information content (AvgIpc) is 2.47. The van der Waals surface area contributed by atoms with Gasteiger partial charge >= 0.3 is 0 Å². The van der Waals surface area contributed by atoms with Crippen molar-refractivity contribution in [3.8, 4) is 0 Å². The molecule has 1 fully saturated rings. The first kappa shape index (κ1) is 10.5. The highest BCUT2D eigenvalue weighted by atomic mass is 79.9. The van der Waals surface area contributed by atoms with E-state index in [1.807, 2.05) is 0 Å². The van der Waals surface area contributed by atoms with Crippen molar-refractivity contribution in [2.75, 3.05) is 18.4 Å². The Morgan fingerprint density at radius 3 is 2.75 bits per heavy atom. The molecule has 1 aliphatic rings. The molecule has 0 radical (unpaired) electrons. The van der Waals surface area contributed by atoms with Crippen LogP contribution in [0.25, 0.3) is 0 Å². The summed E-state index contributed by atoms with van der Waals surface area (Å²) in [5.41, 5.74) is 0. The lowest BCUT2D eigenvalue weighted by Gasteiger charge is -2.25. The third kappa shape index (κ3) is 2.74. The van der Waals surface area contributed by atoms with E-state index >= 15 is 0 Å². The Bertz CT molecular complexity index is 123. The molecule has 0 aromatic heterocycles. The van der Waals surface area contributed by atoms with Crippen LogP contribution in [0, 0.1) is 5.92 Å². The minimum Gasteiger partial charge on any atom is -0.300 e. The van der Waals surface area contributed by atoms with E-state index in [-0.39, 0.29) is 0 Å². The van der Waals surface area contributed by atoms with Gasteiger partial charge in [-0.3, -0.25) is 0 Å². The molecule has 0 saturated carbocycles. The summed E-state index contributed by atoms with van der Waals surface area (Å²) in [4.78, 5) is 2.63.